The van der Waals surface area contributed by atoms with Gasteiger partial charge >= 0.3 is 0 Å². The zero-order chi connectivity index (χ0) is 15.4. The Morgan fingerprint density at radius 2 is 1.86 bits per heavy atom. The average Bonchev–Trinajstić information content (AvgIpc) is 2.41. The summed E-state index contributed by atoms with van der Waals surface area (Å²) in [6.45, 7) is 3.96. The Hall–Kier alpha value is -2.35. The number of carbonyl (C=O) groups excluding carboxylic acids is 1. The smallest absolute Gasteiger partial charge is 0.234 e. The summed E-state index contributed by atoms with van der Waals surface area (Å²) < 4.78 is 0. The first kappa shape index (κ1) is 15.0. The van der Waals surface area contributed by atoms with Crippen molar-refractivity contribution in [3.05, 3.63) is 29.3 Å². The van der Waals surface area contributed by atoms with E-state index in [9.17, 15) is 4.79 Å². The molecular formula is C13H16N6OS. The van der Waals surface area contributed by atoms with Gasteiger partial charge in [0.2, 0.25) is 17.8 Å². The molecule has 0 saturated carbocycles. The molecule has 2 rings (SSSR count). The number of rotatable bonds is 4. The van der Waals surface area contributed by atoms with Crippen LogP contribution in [0.1, 0.15) is 11.1 Å². The number of nitrogens with two attached hydrogens (primary N) is 2. The molecule has 2 aromatic rings. The van der Waals surface area contributed by atoms with Gasteiger partial charge in [0.1, 0.15) is 0 Å². The van der Waals surface area contributed by atoms with E-state index in [1.165, 1.54) is 0 Å². The van der Waals surface area contributed by atoms with Crippen LogP contribution in [0.15, 0.2) is 23.4 Å². The molecule has 0 aliphatic heterocycles. The van der Waals surface area contributed by atoms with E-state index in [4.69, 9.17) is 11.5 Å². The van der Waals surface area contributed by atoms with Crippen LogP contribution in [-0.2, 0) is 4.79 Å². The molecule has 5 N–H and O–H groups in total. The van der Waals surface area contributed by atoms with Gasteiger partial charge < -0.3 is 16.8 Å². The van der Waals surface area contributed by atoms with Crippen molar-refractivity contribution in [3.63, 3.8) is 0 Å². The lowest BCUT2D eigenvalue weighted by molar-refractivity contribution is -0.113. The van der Waals surface area contributed by atoms with Gasteiger partial charge in [-0.3, -0.25) is 4.79 Å². The first-order valence-corrected chi connectivity index (χ1v) is 7.20. The molecule has 1 aromatic carbocycles. The van der Waals surface area contributed by atoms with Crippen molar-refractivity contribution in [3.8, 4) is 0 Å². The highest BCUT2D eigenvalue weighted by molar-refractivity contribution is 7.99. The van der Waals surface area contributed by atoms with E-state index in [1.54, 1.807) is 0 Å². The molecule has 0 aliphatic rings. The molecule has 1 heterocycles. The number of nitrogen functional groups attached to an aromatic ring is 2. The Labute approximate surface area is 126 Å². The zero-order valence-electron chi connectivity index (χ0n) is 11.8. The van der Waals surface area contributed by atoms with Crippen LogP contribution < -0.4 is 16.8 Å². The standard InChI is InChI=1S/C13H16N6OS/c1-7-4-3-5-9(8(7)2)16-10(20)6-21-13-18-11(14)17-12(15)19-13/h3-5H,6H2,1-2H3,(H,16,20)(H4,14,15,17,18,19). The first-order chi connectivity index (χ1) is 9.95. The van der Waals surface area contributed by atoms with Gasteiger partial charge in [-0.25, -0.2) is 0 Å². The van der Waals surface area contributed by atoms with E-state index in [1.807, 2.05) is 32.0 Å². The minimum atomic E-state index is -0.147. The van der Waals surface area contributed by atoms with Gasteiger partial charge in [0.15, 0.2) is 5.16 Å². The number of nitrogens with zero attached hydrogens (tertiary/aromatic N) is 3. The third-order valence-corrected chi connectivity index (χ3v) is 3.71. The number of amides is 1. The van der Waals surface area contributed by atoms with E-state index in [0.717, 1.165) is 28.6 Å². The summed E-state index contributed by atoms with van der Waals surface area (Å²) in [4.78, 5) is 23.4. The Morgan fingerprint density at radius 1 is 1.19 bits per heavy atom. The van der Waals surface area contributed by atoms with E-state index in [-0.39, 0.29) is 23.6 Å². The predicted molar refractivity (Wildman–Crippen MR) is 83.9 cm³/mol. The van der Waals surface area contributed by atoms with Gasteiger partial charge in [0, 0.05) is 5.69 Å². The van der Waals surface area contributed by atoms with E-state index in [2.05, 4.69) is 20.3 Å². The number of nitrogens with one attached hydrogen (secondary N) is 1. The molecule has 0 fully saturated rings. The van der Waals surface area contributed by atoms with Gasteiger partial charge in [-0.1, -0.05) is 23.9 Å². The summed E-state index contributed by atoms with van der Waals surface area (Å²) in [5.74, 6) is 0.0992. The van der Waals surface area contributed by atoms with Crippen LogP contribution in [0.4, 0.5) is 17.6 Å². The minimum Gasteiger partial charge on any atom is -0.368 e. The van der Waals surface area contributed by atoms with Crippen LogP contribution >= 0.6 is 11.8 Å². The second-order valence-electron chi connectivity index (χ2n) is 4.42. The number of benzene rings is 1. The molecular weight excluding hydrogens is 288 g/mol. The van der Waals surface area contributed by atoms with Crippen LogP contribution in [0.25, 0.3) is 0 Å². The fraction of sp³-hybridized carbons (Fsp3) is 0.231. The molecule has 0 saturated heterocycles. The third kappa shape index (κ3) is 4.06. The lowest BCUT2D eigenvalue weighted by Crippen LogP contribution is -2.15. The van der Waals surface area contributed by atoms with Crippen molar-refractivity contribution >= 4 is 35.3 Å². The summed E-state index contributed by atoms with van der Waals surface area (Å²) in [5, 5.41) is 3.19. The van der Waals surface area contributed by atoms with Crippen LogP contribution in [0.5, 0.6) is 0 Å². The number of anilines is 3. The summed E-state index contributed by atoms with van der Waals surface area (Å²) >= 11 is 1.15. The normalized spacial score (nSPS) is 10.4. The van der Waals surface area contributed by atoms with Crippen LogP contribution in [-0.4, -0.2) is 26.6 Å². The molecule has 21 heavy (non-hydrogen) atoms. The molecule has 0 aliphatic carbocycles. The van der Waals surface area contributed by atoms with E-state index < -0.39 is 0 Å². The molecule has 110 valence electrons. The Morgan fingerprint density at radius 3 is 2.52 bits per heavy atom. The van der Waals surface area contributed by atoms with Crippen molar-refractivity contribution in [2.45, 2.75) is 19.0 Å². The maximum atomic E-state index is 12.0. The average molecular weight is 304 g/mol. The Kier molecular flexibility index (Phi) is 4.59. The van der Waals surface area contributed by atoms with E-state index >= 15 is 0 Å². The monoisotopic (exact) mass is 304 g/mol. The second kappa shape index (κ2) is 6.40. The number of thioether (sulfide) groups is 1. The molecule has 0 bridgehead atoms. The fourth-order valence-electron chi connectivity index (χ4n) is 1.66. The van der Waals surface area contributed by atoms with Gasteiger partial charge in [-0.2, -0.15) is 15.0 Å². The van der Waals surface area contributed by atoms with Gasteiger partial charge in [-0.05, 0) is 31.0 Å². The van der Waals surface area contributed by atoms with Crippen molar-refractivity contribution in [2.75, 3.05) is 22.5 Å². The number of aromatic nitrogens is 3. The van der Waals surface area contributed by atoms with Crippen LogP contribution in [0, 0.1) is 13.8 Å². The molecule has 0 spiro atoms. The van der Waals surface area contributed by atoms with Crippen molar-refractivity contribution in [2.24, 2.45) is 0 Å². The predicted octanol–water partition coefficient (Wildman–Crippen LogP) is 1.38. The quantitative estimate of drug-likeness (QED) is 0.730. The second-order valence-corrected chi connectivity index (χ2v) is 5.36. The number of carbonyl (C=O) groups is 1. The number of hydrogen-bond acceptors (Lipinski definition) is 7. The van der Waals surface area contributed by atoms with Crippen LogP contribution in [0.3, 0.4) is 0 Å². The van der Waals surface area contributed by atoms with Gasteiger partial charge in [0.05, 0.1) is 5.75 Å². The first-order valence-electron chi connectivity index (χ1n) is 6.21. The number of aryl methyl sites for hydroxylation is 1. The van der Waals surface area contributed by atoms with Crippen molar-refractivity contribution in [1.82, 2.24) is 15.0 Å². The Balaban J connectivity index is 1.97. The van der Waals surface area contributed by atoms with Crippen molar-refractivity contribution in [1.29, 1.82) is 0 Å². The van der Waals surface area contributed by atoms with Gasteiger partial charge in [-0.15, -0.1) is 0 Å². The molecule has 0 radical (unpaired) electrons. The molecule has 1 amide bonds. The molecule has 0 unspecified atom stereocenters. The summed E-state index contributed by atoms with van der Waals surface area (Å²) in [6.07, 6.45) is 0. The van der Waals surface area contributed by atoms with Crippen LogP contribution in [0.2, 0.25) is 0 Å². The number of hydrogen-bond donors (Lipinski definition) is 3. The molecule has 1 aromatic heterocycles. The van der Waals surface area contributed by atoms with Gasteiger partial charge in [0.25, 0.3) is 0 Å². The molecule has 0 atom stereocenters. The fourth-order valence-corrected chi connectivity index (χ4v) is 2.30. The molecule has 7 nitrogen and oxygen atoms in total. The maximum absolute atomic E-state index is 12.0. The largest absolute Gasteiger partial charge is 0.368 e. The summed E-state index contributed by atoms with van der Waals surface area (Å²) in [5.41, 5.74) is 13.9. The topological polar surface area (TPSA) is 120 Å². The lowest BCUT2D eigenvalue weighted by atomic mass is 10.1. The highest BCUT2D eigenvalue weighted by Crippen LogP contribution is 2.19. The SMILES string of the molecule is Cc1cccc(NC(=O)CSc2nc(N)nc(N)n2)c1C. The minimum absolute atomic E-state index is 0.0416. The summed E-state index contributed by atoms with van der Waals surface area (Å²) in [7, 11) is 0. The maximum Gasteiger partial charge on any atom is 0.234 e. The zero-order valence-corrected chi connectivity index (χ0v) is 12.6. The third-order valence-electron chi connectivity index (χ3n) is 2.86. The van der Waals surface area contributed by atoms with E-state index in [0.29, 0.717) is 5.16 Å². The Bertz CT molecular complexity index is 655. The molecule has 8 heteroatoms. The van der Waals surface area contributed by atoms with Crippen molar-refractivity contribution < 1.29 is 4.79 Å². The summed E-state index contributed by atoms with van der Waals surface area (Å²) in [6, 6.07) is 5.76. The lowest BCUT2D eigenvalue weighted by Gasteiger charge is -2.10. The highest BCUT2D eigenvalue weighted by Gasteiger charge is 2.09. The highest BCUT2D eigenvalue weighted by atomic mass is 32.2.